The zero-order valence-corrected chi connectivity index (χ0v) is 49.0. The second kappa shape index (κ2) is 21.8. The van der Waals surface area contributed by atoms with E-state index in [1.165, 1.54) is 11.1 Å². The minimum absolute atomic E-state index is 0.0352. The Morgan fingerprint density at radius 3 is 1.41 bits per heavy atom. The molecule has 82 heavy (non-hydrogen) atoms. The van der Waals surface area contributed by atoms with Gasteiger partial charge in [0.05, 0.1) is 42.6 Å². The Labute approximate surface area is 478 Å². The summed E-state index contributed by atoms with van der Waals surface area (Å²) in [6.45, 7) is 24.5. The fourth-order valence-electron chi connectivity index (χ4n) is 11.9. The fourth-order valence-corrected chi connectivity index (χ4v) is 11.9. The number of methoxy groups -OCH3 is 1. The van der Waals surface area contributed by atoms with Crippen molar-refractivity contribution in [2.45, 2.75) is 119 Å². The highest BCUT2D eigenvalue weighted by atomic mass is 16.5. The van der Waals surface area contributed by atoms with E-state index in [2.05, 4.69) is 99.7 Å². The van der Waals surface area contributed by atoms with Crippen LogP contribution in [-0.4, -0.2) is 73.0 Å². The molecule has 12 rings (SSSR count). The molecule has 0 unspecified atom stereocenters. The number of rotatable bonds is 11. The summed E-state index contributed by atoms with van der Waals surface area (Å²) in [7, 11) is 1.55. The maximum absolute atomic E-state index is 13.3. The Bertz CT molecular complexity index is 4160. The number of aromatic nitrogens is 6. The van der Waals surface area contributed by atoms with Crippen molar-refractivity contribution in [2.24, 2.45) is 0 Å². The van der Waals surface area contributed by atoms with E-state index in [-0.39, 0.29) is 11.6 Å². The first kappa shape index (κ1) is 55.4. The van der Waals surface area contributed by atoms with Gasteiger partial charge in [-0.1, -0.05) is 36.4 Å². The van der Waals surface area contributed by atoms with Gasteiger partial charge >= 0.3 is 6.01 Å². The minimum atomic E-state index is -0.744. The summed E-state index contributed by atoms with van der Waals surface area (Å²) < 4.78 is 30.1. The van der Waals surface area contributed by atoms with Gasteiger partial charge in [0.15, 0.2) is 11.6 Å². The van der Waals surface area contributed by atoms with E-state index in [0.717, 1.165) is 146 Å². The second-order valence-electron chi connectivity index (χ2n) is 23.5. The summed E-state index contributed by atoms with van der Waals surface area (Å²) in [4.78, 5) is 53.7. The van der Waals surface area contributed by atoms with Crippen molar-refractivity contribution in [1.82, 2.24) is 29.9 Å². The lowest BCUT2D eigenvalue weighted by molar-refractivity contribution is -0.139. The molecular formula is C69H68N6O7. The maximum Gasteiger partial charge on any atom is 0.316 e. The van der Waals surface area contributed by atoms with Gasteiger partial charge in [-0.3, -0.25) is 19.6 Å². The molecule has 0 N–H and O–H groups in total. The highest BCUT2D eigenvalue weighted by Crippen LogP contribution is 2.48. The molecule has 0 fully saturated rings. The number of hydrogen-bond donors (Lipinski definition) is 0. The quantitative estimate of drug-likeness (QED) is 0.121. The summed E-state index contributed by atoms with van der Waals surface area (Å²) in [6, 6.07) is 29.7. The molecule has 0 saturated carbocycles. The van der Waals surface area contributed by atoms with Gasteiger partial charge in [-0.15, -0.1) is 0 Å². The third kappa shape index (κ3) is 10.5. The van der Waals surface area contributed by atoms with Crippen LogP contribution in [0.3, 0.4) is 0 Å². The Morgan fingerprint density at radius 2 is 0.976 bits per heavy atom. The number of ether oxygens (including phenoxy) is 5. The summed E-state index contributed by atoms with van der Waals surface area (Å²) in [5, 5.41) is 6.20. The van der Waals surface area contributed by atoms with Crippen LogP contribution in [0.1, 0.15) is 112 Å². The van der Waals surface area contributed by atoms with Crippen LogP contribution in [0.5, 0.6) is 17.5 Å². The molecule has 10 aromatic rings. The van der Waals surface area contributed by atoms with Crippen LogP contribution in [0, 0.1) is 27.7 Å². The largest absolute Gasteiger partial charge is 0.493 e. The van der Waals surface area contributed by atoms with Crippen LogP contribution in [0.2, 0.25) is 0 Å². The average molecular weight is 1090 g/mol. The van der Waals surface area contributed by atoms with Gasteiger partial charge in [0.25, 0.3) is 0 Å². The van der Waals surface area contributed by atoms with E-state index in [1.54, 1.807) is 39.7 Å². The first-order chi connectivity index (χ1) is 39.2. The van der Waals surface area contributed by atoms with Crippen LogP contribution in [-0.2, 0) is 31.9 Å². The van der Waals surface area contributed by atoms with Gasteiger partial charge in [-0.2, -0.15) is 0 Å². The molecule has 6 aromatic carbocycles. The average Bonchev–Trinajstić information content (AvgIpc) is 2.46. The topological polar surface area (TPSA) is 158 Å². The molecule has 2 atom stereocenters. The van der Waals surface area contributed by atoms with Crippen molar-refractivity contribution in [3.05, 3.63) is 161 Å². The molecular weight excluding hydrogens is 1020 g/mol. The van der Waals surface area contributed by atoms with Crippen molar-refractivity contribution in [3.8, 4) is 62.0 Å². The van der Waals surface area contributed by atoms with Gasteiger partial charge in [-0.05, 0) is 209 Å². The lowest BCUT2D eigenvalue weighted by Gasteiger charge is -2.30. The molecule has 4 aromatic heterocycles. The van der Waals surface area contributed by atoms with E-state index >= 15 is 0 Å². The Kier molecular flexibility index (Phi) is 14.7. The lowest BCUT2D eigenvalue weighted by Crippen LogP contribution is -2.27. The Hall–Kier alpha value is -8.52. The molecule has 2 aliphatic heterocycles. The van der Waals surface area contributed by atoms with E-state index in [0.29, 0.717) is 19.2 Å². The molecule has 0 aliphatic carbocycles. The first-order valence-corrected chi connectivity index (χ1v) is 27.9. The summed E-state index contributed by atoms with van der Waals surface area (Å²) in [5.41, 5.74) is 16.5. The number of nitrogens with zero attached hydrogens (tertiary/aromatic N) is 6. The van der Waals surface area contributed by atoms with Crippen molar-refractivity contribution < 1.29 is 33.3 Å². The number of aryl methyl sites for hydroxylation is 4. The monoisotopic (exact) mass is 1090 g/mol. The van der Waals surface area contributed by atoms with Gasteiger partial charge < -0.3 is 23.7 Å². The molecule has 6 heterocycles. The van der Waals surface area contributed by atoms with Crippen LogP contribution in [0.15, 0.2) is 116 Å². The molecule has 0 bridgehead atoms. The number of Topliss-reactive ketones (excluding diaryl/α,β-unsaturated/α-hetero) is 2. The number of hydrogen-bond acceptors (Lipinski definition) is 13. The lowest BCUT2D eigenvalue weighted by atomic mass is 9.84. The third-order valence-corrected chi connectivity index (χ3v) is 15.3. The van der Waals surface area contributed by atoms with E-state index in [4.69, 9.17) is 33.7 Å². The number of carbonyl (C=O) groups is 2. The standard InChI is InChI=1S/C35H35N3O3.C34H33N3O4/c1-19-16-25-17-24(30-20(2)37-18-38-21(30)3)8-9-26(25)32(29(19)34(22(4)39)41-35(5,6)7)27-10-11-28-31-23(13-15-40-28)12-14-36-33(27)31;1-19-15-23-16-22(24-17-36-33(39-6)37-18-24)7-8-25(23)30(28(19)32(20(2)38)41-34(3,4)5)26-9-10-27-29-21(12-14-40-27)11-13-35-31(26)29/h8-12,14,16-18,34H,13,15H2,1-7H3;7-11,13,15-18,32H,12,14H2,1-6H3/t34-;32-/m11/s1. The highest BCUT2D eigenvalue weighted by molar-refractivity contribution is 6.11. The molecule has 2 aliphatic rings. The van der Waals surface area contributed by atoms with Gasteiger partial charge in [0, 0.05) is 82.0 Å². The van der Waals surface area contributed by atoms with Crippen LogP contribution in [0.4, 0.5) is 0 Å². The van der Waals surface area contributed by atoms with E-state index in [1.807, 2.05) is 86.8 Å². The van der Waals surface area contributed by atoms with Gasteiger partial charge in [0.1, 0.15) is 30.0 Å². The Balaban J connectivity index is 0.000000172. The van der Waals surface area contributed by atoms with E-state index < -0.39 is 23.4 Å². The summed E-state index contributed by atoms with van der Waals surface area (Å²) in [5.74, 6) is 1.61. The molecule has 0 radical (unpaired) electrons. The smallest absolute Gasteiger partial charge is 0.316 e. The van der Waals surface area contributed by atoms with Crippen molar-refractivity contribution in [1.29, 1.82) is 0 Å². The molecule has 0 amide bonds. The predicted molar refractivity (Wildman–Crippen MR) is 324 cm³/mol. The minimum Gasteiger partial charge on any atom is -0.493 e. The number of fused-ring (bicyclic) bond motifs is 2. The van der Waals surface area contributed by atoms with Crippen molar-refractivity contribution in [2.75, 3.05) is 20.3 Å². The van der Waals surface area contributed by atoms with Gasteiger partial charge in [-0.25, -0.2) is 19.9 Å². The number of benzene rings is 6. The zero-order valence-electron chi connectivity index (χ0n) is 49.0. The van der Waals surface area contributed by atoms with Crippen LogP contribution < -0.4 is 14.2 Å². The molecule has 13 heteroatoms. The number of pyridine rings is 2. The first-order valence-electron chi connectivity index (χ1n) is 27.9. The van der Waals surface area contributed by atoms with Crippen molar-refractivity contribution >= 4 is 54.9 Å². The maximum atomic E-state index is 13.3. The Morgan fingerprint density at radius 1 is 0.524 bits per heavy atom. The van der Waals surface area contributed by atoms with Crippen LogP contribution in [0.25, 0.3) is 87.9 Å². The molecule has 0 spiro atoms. The van der Waals surface area contributed by atoms with Gasteiger partial charge in [0.2, 0.25) is 0 Å². The van der Waals surface area contributed by atoms with Crippen LogP contribution >= 0.6 is 0 Å². The SMILES string of the molecule is CC(=O)[C@@H](OC(C)(C)C)c1c(C)cc2cc(-c3c(C)ncnc3C)ccc2c1-c1ccc2c3c(ccnc13)CCO2.COc1ncc(-c2ccc3c(-c4ccc5c6c(ccnc46)CCO5)c([C@H](OC(C)(C)C)C(C)=O)c(C)cc3c2)cn1. The highest BCUT2D eigenvalue weighted by Gasteiger charge is 2.33. The zero-order chi connectivity index (χ0) is 57.9. The van der Waals surface area contributed by atoms with E-state index in [9.17, 15) is 9.59 Å². The summed E-state index contributed by atoms with van der Waals surface area (Å²) >= 11 is 0. The predicted octanol–water partition coefficient (Wildman–Crippen LogP) is 15.0. The van der Waals surface area contributed by atoms with Crippen molar-refractivity contribution in [3.63, 3.8) is 0 Å². The number of carbonyl (C=O) groups excluding carboxylic acids is 2. The second-order valence-corrected chi connectivity index (χ2v) is 23.5. The molecule has 0 saturated heterocycles. The third-order valence-electron chi connectivity index (χ3n) is 15.3. The summed E-state index contributed by atoms with van der Waals surface area (Å²) in [6.07, 6.45) is 9.05. The normalized spacial score (nSPS) is 13.8. The molecule has 13 nitrogen and oxygen atoms in total. The number of ketones is 2. The fraction of sp³-hybridized carbons (Fsp3) is 0.304. The molecule has 416 valence electrons.